The number of pyridine rings is 1. The van der Waals surface area contributed by atoms with Crippen LogP contribution in [0.1, 0.15) is 55.2 Å². The van der Waals surface area contributed by atoms with Crippen molar-refractivity contribution in [3.8, 4) is 0 Å². The van der Waals surface area contributed by atoms with Gasteiger partial charge in [0.2, 0.25) is 0 Å². The lowest BCUT2D eigenvalue weighted by Gasteiger charge is -2.36. The van der Waals surface area contributed by atoms with Gasteiger partial charge in [0.15, 0.2) is 11.6 Å². The van der Waals surface area contributed by atoms with Crippen molar-refractivity contribution in [1.82, 2.24) is 4.98 Å². The normalized spacial score (nSPS) is 13.1. The van der Waals surface area contributed by atoms with E-state index in [9.17, 15) is 4.79 Å². The molecule has 1 N–H and O–H groups in total. The quantitative estimate of drug-likeness (QED) is 0.678. The van der Waals surface area contributed by atoms with Crippen molar-refractivity contribution in [1.29, 1.82) is 0 Å². The first-order valence-electron chi connectivity index (χ1n) is 10.4. The monoisotopic (exact) mass is 380 g/mol. The number of nitrogens with one attached hydrogen (secondary N) is 1. The van der Waals surface area contributed by atoms with Crippen LogP contribution in [0.5, 0.6) is 0 Å². The van der Waals surface area contributed by atoms with Crippen LogP contribution in [-0.2, 0) is 0 Å². The van der Waals surface area contributed by atoms with Crippen molar-refractivity contribution in [3.05, 3.63) is 41.1 Å². The van der Waals surface area contributed by atoms with Crippen molar-refractivity contribution < 1.29 is 4.79 Å². The van der Waals surface area contributed by atoms with E-state index in [1.54, 1.807) is 6.92 Å². The average Bonchev–Trinajstić information content (AvgIpc) is 2.68. The zero-order chi connectivity index (χ0) is 20.3. The molecule has 1 aliphatic rings. The van der Waals surface area contributed by atoms with Crippen LogP contribution in [0.4, 0.5) is 22.9 Å². The lowest BCUT2D eigenvalue weighted by molar-refractivity contribution is 0.101. The summed E-state index contributed by atoms with van der Waals surface area (Å²) in [6.07, 6.45) is 2.36. The number of unbranched alkanes of at least 4 members (excludes halogenated alkanes) is 1. The van der Waals surface area contributed by atoms with Gasteiger partial charge in [-0.3, -0.25) is 4.79 Å². The third kappa shape index (κ3) is 3.98. The molecule has 1 aliphatic heterocycles. The molecule has 150 valence electrons. The fraction of sp³-hybridized carbons (Fsp3) is 0.478. The number of anilines is 4. The van der Waals surface area contributed by atoms with Gasteiger partial charge in [-0.1, -0.05) is 13.3 Å². The highest BCUT2D eigenvalue weighted by Gasteiger charge is 2.25. The highest BCUT2D eigenvalue weighted by Crippen LogP contribution is 2.41. The van der Waals surface area contributed by atoms with E-state index in [0.717, 1.165) is 60.2 Å². The maximum Gasteiger partial charge on any atom is 0.159 e. The Hall–Kier alpha value is -2.56. The maximum absolute atomic E-state index is 11.7. The number of hydrogen-bond donors (Lipinski definition) is 1. The van der Waals surface area contributed by atoms with Crippen LogP contribution in [0.15, 0.2) is 24.3 Å². The van der Waals surface area contributed by atoms with Crippen LogP contribution >= 0.6 is 0 Å². The molecule has 3 rings (SSSR count). The van der Waals surface area contributed by atoms with Crippen molar-refractivity contribution in [3.63, 3.8) is 0 Å². The van der Waals surface area contributed by atoms with Gasteiger partial charge in [0.1, 0.15) is 5.69 Å². The minimum absolute atomic E-state index is 0.0983. The summed E-state index contributed by atoms with van der Waals surface area (Å²) in [5.74, 6) is 1.08. The molecule has 1 aromatic carbocycles. The third-order valence-corrected chi connectivity index (χ3v) is 5.40. The highest BCUT2D eigenvalue weighted by atomic mass is 16.1. The molecule has 1 aromatic heterocycles. The molecule has 0 saturated carbocycles. The molecule has 0 bridgehead atoms. The van der Waals surface area contributed by atoms with Gasteiger partial charge >= 0.3 is 0 Å². The lowest BCUT2D eigenvalue weighted by atomic mass is 10.1. The summed E-state index contributed by atoms with van der Waals surface area (Å²) in [5.41, 5.74) is 6.35. The molecule has 0 unspecified atom stereocenters. The van der Waals surface area contributed by atoms with Crippen LogP contribution in [0, 0.1) is 13.8 Å². The van der Waals surface area contributed by atoms with Crippen LogP contribution < -0.4 is 15.1 Å². The maximum atomic E-state index is 11.7. The summed E-state index contributed by atoms with van der Waals surface area (Å²) in [6.45, 7) is 13.9. The number of ketones is 1. The number of Topliss-reactive ketones (excluding diaryl/α,β-unsaturated/α-hetero) is 1. The Morgan fingerprint density at radius 1 is 1.25 bits per heavy atom. The van der Waals surface area contributed by atoms with E-state index in [1.165, 1.54) is 18.5 Å². The molecule has 0 radical (unpaired) electrons. The number of aryl methyl sites for hydroxylation is 2. The van der Waals surface area contributed by atoms with E-state index in [2.05, 4.69) is 54.9 Å². The van der Waals surface area contributed by atoms with Gasteiger partial charge in [0, 0.05) is 43.1 Å². The second-order valence-electron chi connectivity index (χ2n) is 7.55. The molecule has 2 aromatic rings. The van der Waals surface area contributed by atoms with E-state index in [0.29, 0.717) is 0 Å². The second kappa shape index (κ2) is 8.63. The number of fused-ring (bicyclic) bond motifs is 1. The molecule has 5 heteroatoms. The number of benzene rings is 1. The summed E-state index contributed by atoms with van der Waals surface area (Å²) in [4.78, 5) is 21.4. The van der Waals surface area contributed by atoms with Crippen LogP contribution in [-0.4, -0.2) is 36.9 Å². The van der Waals surface area contributed by atoms with E-state index in [1.807, 2.05) is 12.1 Å². The SMILES string of the molecule is CCCCN(CC)c1cc(C)nc2c1NCCN2c1ccc(C(C)=O)cc1C. The zero-order valence-corrected chi connectivity index (χ0v) is 17.8. The minimum atomic E-state index is 0.0983. The first kappa shape index (κ1) is 20.2. The fourth-order valence-corrected chi connectivity index (χ4v) is 3.86. The topological polar surface area (TPSA) is 48.5 Å². The van der Waals surface area contributed by atoms with E-state index < -0.39 is 0 Å². The van der Waals surface area contributed by atoms with Crippen LogP contribution in [0.2, 0.25) is 0 Å². The number of carbonyl (C=O) groups is 1. The molecule has 0 aliphatic carbocycles. The van der Waals surface area contributed by atoms with Gasteiger partial charge in [0.05, 0.1) is 5.69 Å². The molecule has 0 amide bonds. The van der Waals surface area contributed by atoms with Crippen molar-refractivity contribution in [2.75, 3.05) is 41.3 Å². The Morgan fingerprint density at radius 2 is 2.04 bits per heavy atom. The summed E-state index contributed by atoms with van der Waals surface area (Å²) in [6, 6.07) is 8.15. The average molecular weight is 381 g/mol. The molecule has 28 heavy (non-hydrogen) atoms. The first-order chi connectivity index (χ1) is 13.5. The fourth-order valence-electron chi connectivity index (χ4n) is 3.86. The summed E-state index contributed by atoms with van der Waals surface area (Å²) < 4.78 is 0. The highest BCUT2D eigenvalue weighted by molar-refractivity contribution is 5.95. The van der Waals surface area contributed by atoms with Gasteiger partial charge in [0.25, 0.3) is 0 Å². The van der Waals surface area contributed by atoms with Crippen molar-refractivity contribution >= 4 is 28.7 Å². The Balaban J connectivity index is 2.06. The predicted octanol–water partition coefficient (Wildman–Crippen LogP) is 5.09. The number of hydrogen-bond acceptors (Lipinski definition) is 5. The van der Waals surface area contributed by atoms with Gasteiger partial charge in [-0.25, -0.2) is 4.98 Å². The van der Waals surface area contributed by atoms with Gasteiger partial charge in [-0.2, -0.15) is 0 Å². The van der Waals surface area contributed by atoms with Crippen LogP contribution in [0.3, 0.4) is 0 Å². The van der Waals surface area contributed by atoms with Gasteiger partial charge < -0.3 is 15.1 Å². The molecule has 0 saturated heterocycles. The minimum Gasteiger partial charge on any atom is -0.379 e. The lowest BCUT2D eigenvalue weighted by Crippen LogP contribution is -2.34. The Labute approximate surface area is 168 Å². The summed E-state index contributed by atoms with van der Waals surface area (Å²) in [5, 5.41) is 3.60. The first-order valence-corrected chi connectivity index (χ1v) is 10.4. The Morgan fingerprint density at radius 3 is 2.68 bits per heavy atom. The third-order valence-electron chi connectivity index (χ3n) is 5.40. The van der Waals surface area contributed by atoms with Crippen molar-refractivity contribution in [2.45, 2.75) is 47.5 Å². The molecular formula is C23H32N4O. The Bertz CT molecular complexity index is 862. The molecule has 5 nitrogen and oxygen atoms in total. The summed E-state index contributed by atoms with van der Waals surface area (Å²) in [7, 11) is 0. The zero-order valence-electron chi connectivity index (χ0n) is 17.8. The number of rotatable bonds is 7. The van der Waals surface area contributed by atoms with E-state index in [4.69, 9.17) is 4.98 Å². The summed E-state index contributed by atoms with van der Waals surface area (Å²) >= 11 is 0. The number of aromatic nitrogens is 1. The van der Waals surface area contributed by atoms with Crippen LogP contribution in [0.25, 0.3) is 0 Å². The number of carbonyl (C=O) groups excluding carboxylic acids is 1. The van der Waals surface area contributed by atoms with Gasteiger partial charge in [-0.15, -0.1) is 0 Å². The van der Waals surface area contributed by atoms with Gasteiger partial charge in [-0.05, 0) is 63.9 Å². The van der Waals surface area contributed by atoms with Crippen molar-refractivity contribution in [2.24, 2.45) is 0 Å². The van der Waals surface area contributed by atoms with E-state index >= 15 is 0 Å². The largest absolute Gasteiger partial charge is 0.379 e. The smallest absolute Gasteiger partial charge is 0.159 e. The van der Waals surface area contributed by atoms with E-state index in [-0.39, 0.29) is 5.78 Å². The number of nitrogens with zero attached hydrogens (tertiary/aromatic N) is 3. The Kier molecular flexibility index (Phi) is 6.22. The standard InChI is InChI=1S/C23H32N4O/c1-6-8-12-26(7-2)21-15-17(4)25-23-22(21)24-11-13-27(23)20-10-9-19(18(5)28)14-16(20)3/h9-10,14-15,24H,6-8,11-13H2,1-5H3. The second-order valence-corrected chi connectivity index (χ2v) is 7.55. The molecule has 0 spiro atoms. The molecule has 0 fully saturated rings. The molecule has 2 heterocycles. The molecular weight excluding hydrogens is 348 g/mol. The predicted molar refractivity (Wildman–Crippen MR) is 118 cm³/mol. The molecule has 0 atom stereocenters.